The maximum absolute atomic E-state index is 12.7. The van der Waals surface area contributed by atoms with Gasteiger partial charge in [0.05, 0.1) is 17.6 Å². The normalized spacial score (nSPS) is 10.4. The summed E-state index contributed by atoms with van der Waals surface area (Å²) >= 11 is 0. The number of nitrogens with zero attached hydrogens (tertiary/aromatic N) is 3. The van der Waals surface area contributed by atoms with Crippen molar-refractivity contribution in [2.75, 3.05) is 0 Å². The van der Waals surface area contributed by atoms with Gasteiger partial charge in [0.25, 0.3) is 0 Å². The molecule has 2 aromatic rings. The van der Waals surface area contributed by atoms with Crippen LogP contribution in [0.4, 0.5) is 4.39 Å². The molecule has 0 aromatic carbocycles. The van der Waals surface area contributed by atoms with E-state index in [9.17, 15) is 9.18 Å². The van der Waals surface area contributed by atoms with Gasteiger partial charge in [0.2, 0.25) is 0 Å². The highest BCUT2D eigenvalue weighted by Gasteiger charge is 2.15. The number of aromatic carboxylic acids is 1. The van der Waals surface area contributed by atoms with Gasteiger partial charge in [0.1, 0.15) is 17.1 Å². The summed E-state index contributed by atoms with van der Waals surface area (Å²) in [4.78, 5) is 23.0. The van der Waals surface area contributed by atoms with E-state index in [1.807, 2.05) is 0 Å². The summed E-state index contributed by atoms with van der Waals surface area (Å²) in [7, 11) is 0. The zero-order valence-electron chi connectivity index (χ0n) is 9.81. The Labute approximate surface area is 102 Å². The Bertz CT molecular complexity index is 588. The lowest BCUT2D eigenvalue weighted by Crippen LogP contribution is -2.08. The molecule has 0 saturated carbocycles. The van der Waals surface area contributed by atoms with Crippen molar-refractivity contribution in [1.29, 1.82) is 0 Å². The predicted octanol–water partition coefficient (Wildman–Crippen LogP) is 1.99. The molecule has 0 radical (unpaired) electrons. The van der Waals surface area contributed by atoms with E-state index in [-0.39, 0.29) is 11.4 Å². The van der Waals surface area contributed by atoms with Gasteiger partial charge in [-0.05, 0) is 26.0 Å². The molecule has 92 valence electrons. The van der Waals surface area contributed by atoms with Crippen molar-refractivity contribution >= 4 is 5.97 Å². The highest BCUT2D eigenvalue weighted by atomic mass is 19.1. The number of hydrogen-bond donors (Lipinski definition) is 1. The van der Waals surface area contributed by atoms with Crippen LogP contribution >= 0.6 is 0 Å². The Balaban J connectivity index is 2.54. The monoisotopic (exact) mass is 247 g/mol. The Hall–Kier alpha value is -2.37. The summed E-state index contributed by atoms with van der Waals surface area (Å²) in [6.07, 6.45) is 1.06. The van der Waals surface area contributed by atoms with E-state index >= 15 is 0 Å². The highest BCUT2D eigenvalue weighted by Crippen LogP contribution is 2.17. The molecule has 1 N–H and O–H groups in total. The smallest absolute Gasteiger partial charge is 0.339 e. The molecule has 0 fully saturated rings. The number of pyridine rings is 1. The van der Waals surface area contributed by atoms with Crippen molar-refractivity contribution < 1.29 is 14.3 Å². The fourth-order valence-corrected chi connectivity index (χ4v) is 1.65. The van der Waals surface area contributed by atoms with Crippen molar-refractivity contribution in [2.24, 2.45) is 0 Å². The molecule has 0 amide bonds. The molecule has 0 spiro atoms. The van der Waals surface area contributed by atoms with Crippen LogP contribution in [-0.4, -0.2) is 26.0 Å². The molecular weight excluding hydrogens is 237 g/mol. The van der Waals surface area contributed by atoms with Gasteiger partial charge in [-0.2, -0.15) is 0 Å². The van der Waals surface area contributed by atoms with Crippen LogP contribution < -0.4 is 0 Å². The number of rotatable bonds is 2. The van der Waals surface area contributed by atoms with Crippen LogP contribution in [0.2, 0.25) is 0 Å². The fourth-order valence-electron chi connectivity index (χ4n) is 1.65. The average Bonchev–Trinajstić information content (AvgIpc) is 2.28. The molecule has 5 nitrogen and oxygen atoms in total. The lowest BCUT2D eigenvalue weighted by Gasteiger charge is -2.06. The van der Waals surface area contributed by atoms with E-state index in [1.54, 1.807) is 13.8 Å². The molecule has 0 aliphatic carbocycles. The Morgan fingerprint density at radius 3 is 2.28 bits per heavy atom. The van der Waals surface area contributed by atoms with Gasteiger partial charge >= 0.3 is 5.97 Å². The van der Waals surface area contributed by atoms with E-state index in [4.69, 9.17) is 5.11 Å². The Morgan fingerprint density at radius 2 is 1.83 bits per heavy atom. The van der Waals surface area contributed by atoms with Gasteiger partial charge < -0.3 is 5.11 Å². The molecule has 2 heterocycles. The highest BCUT2D eigenvalue weighted by molar-refractivity contribution is 5.90. The number of halogens is 1. The third kappa shape index (κ3) is 2.17. The maximum atomic E-state index is 12.7. The van der Waals surface area contributed by atoms with Crippen molar-refractivity contribution in [1.82, 2.24) is 15.0 Å². The lowest BCUT2D eigenvalue weighted by molar-refractivity contribution is 0.0694. The van der Waals surface area contributed by atoms with Crippen molar-refractivity contribution in [3.05, 3.63) is 41.1 Å². The average molecular weight is 247 g/mol. The molecule has 0 unspecified atom stereocenters. The van der Waals surface area contributed by atoms with Crippen LogP contribution in [0, 0.1) is 19.7 Å². The predicted molar refractivity (Wildman–Crippen MR) is 61.7 cm³/mol. The molecule has 0 bridgehead atoms. The van der Waals surface area contributed by atoms with E-state index in [0.29, 0.717) is 17.1 Å². The summed E-state index contributed by atoms with van der Waals surface area (Å²) in [5.74, 6) is -1.23. The van der Waals surface area contributed by atoms with Gasteiger partial charge in [-0.25, -0.2) is 24.1 Å². The van der Waals surface area contributed by atoms with Crippen LogP contribution in [0.1, 0.15) is 21.7 Å². The first kappa shape index (κ1) is 12.1. The number of carboxylic acid groups (broad SMARTS) is 1. The minimum atomic E-state index is -1.07. The summed E-state index contributed by atoms with van der Waals surface area (Å²) in [6.45, 7) is 3.18. The molecule has 0 aliphatic rings. The van der Waals surface area contributed by atoms with E-state index < -0.39 is 11.8 Å². The molecule has 2 rings (SSSR count). The van der Waals surface area contributed by atoms with E-state index in [1.165, 1.54) is 12.1 Å². The minimum absolute atomic E-state index is 0.0841. The summed E-state index contributed by atoms with van der Waals surface area (Å²) in [5, 5.41) is 9.00. The standard InChI is InChI=1S/C12H10FN3O2/c1-6-10(12(17)18)7(2)16-11(15-6)9-4-3-8(13)5-14-9/h3-5H,1-2H3,(H,17,18). The molecule has 6 heteroatoms. The summed E-state index contributed by atoms with van der Waals surface area (Å²) in [6, 6.07) is 2.70. The quantitative estimate of drug-likeness (QED) is 0.878. The summed E-state index contributed by atoms with van der Waals surface area (Å²) in [5.41, 5.74) is 1.20. The number of aromatic nitrogens is 3. The molecule has 0 atom stereocenters. The molecule has 2 aromatic heterocycles. The Morgan fingerprint density at radius 1 is 1.22 bits per heavy atom. The second-order valence-electron chi connectivity index (χ2n) is 3.76. The summed E-state index contributed by atoms with van der Waals surface area (Å²) < 4.78 is 12.7. The van der Waals surface area contributed by atoms with E-state index in [2.05, 4.69) is 15.0 Å². The van der Waals surface area contributed by atoms with Gasteiger partial charge in [-0.1, -0.05) is 0 Å². The molecule has 18 heavy (non-hydrogen) atoms. The largest absolute Gasteiger partial charge is 0.478 e. The SMILES string of the molecule is Cc1nc(-c2ccc(F)cn2)nc(C)c1C(=O)O. The Kier molecular flexibility index (Phi) is 3.01. The van der Waals surface area contributed by atoms with Crippen LogP contribution in [0.3, 0.4) is 0 Å². The fraction of sp³-hybridized carbons (Fsp3) is 0.167. The molecule has 0 aliphatic heterocycles. The first-order chi connectivity index (χ1) is 8.49. The first-order valence-corrected chi connectivity index (χ1v) is 5.19. The second-order valence-corrected chi connectivity index (χ2v) is 3.76. The lowest BCUT2D eigenvalue weighted by atomic mass is 10.1. The van der Waals surface area contributed by atoms with Crippen LogP contribution in [0.25, 0.3) is 11.5 Å². The van der Waals surface area contributed by atoms with Crippen molar-refractivity contribution in [2.45, 2.75) is 13.8 Å². The van der Waals surface area contributed by atoms with Crippen LogP contribution in [0.15, 0.2) is 18.3 Å². The van der Waals surface area contributed by atoms with Crippen LogP contribution in [0.5, 0.6) is 0 Å². The number of hydrogen-bond acceptors (Lipinski definition) is 4. The molecule has 0 saturated heterocycles. The van der Waals surface area contributed by atoms with Crippen molar-refractivity contribution in [3.63, 3.8) is 0 Å². The van der Waals surface area contributed by atoms with Gasteiger partial charge in [-0.15, -0.1) is 0 Å². The minimum Gasteiger partial charge on any atom is -0.478 e. The van der Waals surface area contributed by atoms with Crippen LogP contribution in [-0.2, 0) is 0 Å². The molecular formula is C12H10FN3O2. The zero-order chi connectivity index (χ0) is 13.3. The zero-order valence-corrected chi connectivity index (χ0v) is 9.81. The van der Waals surface area contributed by atoms with Gasteiger partial charge in [0, 0.05) is 0 Å². The van der Waals surface area contributed by atoms with Crippen molar-refractivity contribution in [3.8, 4) is 11.5 Å². The topological polar surface area (TPSA) is 76.0 Å². The maximum Gasteiger partial charge on any atom is 0.339 e. The number of carbonyl (C=O) groups is 1. The first-order valence-electron chi connectivity index (χ1n) is 5.19. The number of aryl methyl sites for hydroxylation is 2. The second kappa shape index (κ2) is 4.48. The van der Waals surface area contributed by atoms with Gasteiger partial charge in [-0.3, -0.25) is 0 Å². The third-order valence-electron chi connectivity index (χ3n) is 2.44. The van der Waals surface area contributed by atoms with Gasteiger partial charge in [0.15, 0.2) is 5.82 Å². The van der Waals surface area contributed by atoms with E-state index in [0.717, 1.165) is 6.20 Å². The number of carboxylic acids is 1. The third-order valence-corrected chi connectivity index (χ3v) is 2.44.